The molecule has 0 fully saturated rings. The van der Waals surface area contributed by atoms with Crippen molar-refractivity contribution in [2.24, 2.45) is 0 Å². The number of unbranched alkanes of at least 4 members (excludes halogenated alkanes) is 18. The minimum atomic E-state index is -0.752. The summed E-state index contributed by atoms with van der Waals surface area (Å²) in [4.78, 5) is 36.9. The molecular formula is C33H62O6. The fourth-order valence-corrected chi connectivity index (χ4v) is 4.56. The molecule has 0 spiro atoms. The summed E-state index contributed by atoms with van der Waals surface area (Å²) < 4.78 is 16.4. The van der Waals surface area contributed by atoms with E-state index in [0.29, 0.717) is 19.3 Å². The summed E-state index contributed by atoms with van der Waals surface area (Å²) in [6, 6.07) is 0. The Morgan fingerprint density at radius 1 is 0.410 bits per heavy atom. The van der Waals surface area contributed by atoms with Crippen molar-refractivity contribution in [3.63, 3.8) is 0 Å². The number of rotatable bonds is 29. The lowest BCUT2D eigenvalue weighted by Gasteiger charge is -2.18. The number of ether oxygens (including phenoxy) is 3. The normalized spacial score (nSPS) is 11.1. The third-order valence-electron chi connectivity index (χ3n) is 7.11. The highest BCUT2D eigenvalue weighted by Gasteiger charge is 2.19. The van der Waals surface area contributed by atoms with Gasteiger partial charge in [-0.1, -0.05) is 136 Å². The van der Waals surface area contributed by atoms with Gasteiger partial charge in [0.05, 0.1) is 0 Å². The molecule has 0 atom stereocenters. The third kappa shape index (κ3) is 27.8. The van der Waals surface area contributed by atoms with Crippen LogP contribution < -0.4 is 0 Å². The summed E-state index contributed by atoms with van der Waals surface area (Å²) in [6.07, 6.45) is 24.0. The van der Waals surface area contributed by atoms with E-state index < -0.39 is 6.10 Å². The maximum absolute atomic E-state index is 12.4. The highest BCUT2D eigenvalue weighted by atomic mass is 16.7. The van der Waals surface area contributed by atoms with E-state index in [1.807, 2.05) is 0 Å². The van der Waals surface area contributed by atoms with E-state index >= 15 is 0 Å². The summed E-state index contributed by atoms with van der Waals surface area (Å²) in [5, 5.41) is 0. The summed E-state index contributed by atoms with van der Waals surface area (Å²) in [5.74, 6) is -0.892. The largest absolute Gasteiger partial charge is 0.462 e. The first kappa shape index (κ1) is 37.4. The molecule has 0 aromatic rings. The van der Waals surface area contributed by atoms with Gasteiger partial charge in [-0.25, -0.2) is 0 Å². The van der Waals surface area contributed by atoms with Crippen LogP contribution in [0.4, 0.5) is 0 Å². The Kier molecular flexibility index (Phi) is 28.2. The van der Waals surface area contributed by atoms with E-state index in [4.69, 9.17) is 14.2 Å². The second kappa shape index (κ2) is 29.4. The molecule has 0 N–H and O–H groups in total. The highest BCUT2D eigenvalue weighted by molar-refractivity contribution is 5.71. The van der Waals surface area contributed by atoms with Gasteiger partial charge >= 0.3 is 17.9 Å². The molecule has 0 radical (unpaired) electrons. The predicted molar refractivity (Wildman–Crippen MR) is 160 cm³/mol. The Morgan fingerprint density at radius 3 is 1.03 bits per heavy atom. The molecule has 0 rings (SSSR count). The predicted octanol–water partition coefficient (Wildman–Crippen LogP) is 9.41. The van der Waals surface area contributed by atoms with Crippen molar-refractivity contribution in [2.45, 2.75) is 181 Å². The van der Waals surface area contributed by atoms with Crippen LogP contribution in [0.15, 0.2) is 0 Å². The van der Waals surface area contributed by atoms with Crippen LogP contribution >= 0.6 is 0 Å². The van der Waals surface area contributed by atoms with Gasteiger partial charge in [0, 0.05) is 19.3 Å². The fourth-order valence-electron chi connectivity index (χ4n) is 4.56. The van der Waals surface area contributed by atoms with Gasteiger partial charge in [-0.15, -0.1) is 0 Å². The zero-order chi connectivity index (χ0) is 28.8. The number of esters is 3. The number of hydrogen-bond donors (Lipinski definition) is 0. The van der Waals surface area contributed by atoms with E-state index in [-0.39, 0.29) is 31.1 Å². The Bertz CT molecular complexity index is 543. The molecule has 0 aliphatic rings. The summed E-state index contributed by atoms with van der Waals surface area (Å²) in [6.45, 7) is 6.47. The van der Waals surface area contributed by atoms with E-state index in [1.54, 1.807) is 0 Å². The van der Waals surface area contributed by atoms with Crippen molar-refractivity contribution in [3.05, 3.63) is 0 Å². The average molecular weight is 556 g/mol. The minimum Gasteiger partial charge on any atom is -0.462 e. The van der Waals surface area contributed by atoms with Crippen LogP contribution in [-0.4, -0.2) is 37.2 Å². The summed E-state index contributed by atoms with van der Waals surface area (Å²) >= 11 is 0. The quantitative estimate of drug-likeness (QED) is 0.0396. The van der Waals surface area contributed by atoms with E-state index in [9.17, 15) is 14.4 Å². The molecule has 0 heterocycles. The molecule has 0 aromatic heterocycles. The molecule has 6 nitrogen and oxygen atoms in total. The molecule has 0 aromatic carbocycles. The van der Waals surface area contributed by atoms with Crippen LogP contribution in [0.2, 0.25) is 0 Å². The van der Waals surface area contributed by atoms with Crippen LogP contribution in [-0.2, 0) is 28.6 Å². The molecule has 6 heteroatoms. The van der Waals surface area contributed by atoms with Gasteiger partial charge in [-0.05, 0) is 19.3 Å². The molecule has 0 aliphatic heterocycles. The first-order valence-corrected chi connectivity index (χ1v) is 16.5. The second-order valence-corrected chi connectivity index (χ2v) is 11.1. The lowest BCUT2D eigenvalue weighted by atomic mass is 10.1. The maximum Gasteiger partial charge on any atom is 0.306 e. The van der Waals surface area contributed by atoms with E-state index in [1.165, 1.54) is 77.0 Å². The van der Waals surface area contributed by atoms with E-state index in [2.05, 4.69) is 20.8 Å². The van der Waals surface area contributed by atoms with Gasteiger partial charge in [-0.2, -0.15) is 0 Å². The lowest BCUT2D eigenvalue weighted by Crippen LogP contribution is -2.30. The van der Waals surface area contributed by atoms with Crippen LogP contribution in [0.1, 0.15) is 175 Å². The molecule has 0 saturated carbocycles. The SMILES string of the molecule is CCCCCCCCCC(=O)OCC(COC(=O)CCCCCCCCC)O[13C](=O)CCCCCCCCC. The molecule has 0 bridgehead atoms. The molecular weight excluding hydrogens is 493 g/mol. The molecule has 0 unspecified atom stereocenters. The van der Waals surface area contributed by atoms with Crippen molar-refractivity contribution < 1.29 is 28.6 Å². The number of carbonyl (C=O) groups excluding carboxylic acids is 3. The van der Waals surface area contributed by atoms with Gasteiger partial charge in [-0.3, -0.25) is 14.4 Å². The fraction of sp³-hybridized carbons (Fsp3) is 0.909. The van der Waals surface area contributed by atoms with Crippen molar-refractivity contribution in [2.75, 3.05) is 13.2 Å². The monoisotopic (exact) mass is 555 g/mol. The van der Waals surface area contributed by atoms with Crippen LogP contribution in [0.3, 0.4) is 0 Å². The summed E-state index contributed by atoms with van der Waals surface area (Å²) in [7, 11) is 0. The second-order valence-electron chi connectivity index (χ2n) is 11.1. The van der Waals surface area contributed by atoms with Crippen molar-refractivity contribution in [3.8, 4) is 0 Å². The standard InChI is InChI=1S/C33H62O6/c1-4-7-10-13-16-19-22-25-31(34)37-28-30(39-33(36)27-24-21-18-15-12-9-6-3)29-38-32(35)26-23-20-17-14-11-8-5-2/h30H,4-29H2,1-3H3/i33+1. The molecule has 39 heavy (non-hydrogen) atoms. The summed E-state index contributed by atoms with van der Waals surface area (Å²) in [5.41, 5.74) is 0. The first-order chi connectivity index (χ1) is 19.0. The van der Waals surface area contributed by atoms with Crippen molar-refractivity contribution >= 4 is 17.9 Å². The van der Waals surface area contributed by atoms with Gasteiger partial charge in [0.1, 0.15) is 13.2 Å². The van der Waals surface area contributed by atoms with Gasteiger partial charge in [0.25, 0.3) is 0 Å². The maximum atomic E-state index is 12.4. The van der Waals surface area contributed by atoms with Gasteiger partial charge < -0.3 is 14.2 Å². The first-order valence-electron chi connectivity index (χ1n) is 16.5. The molecule has 230 valence electrons. The highest BCUT2D eigenvalue weighted by Crippen LogP contribution is 2.12. The smallest absolute Gasteiger partial charge is 0.306 e. The van der Waals surface area contributed by atoms with Crippen LogP contribution in [0.25, 0.3) is 0 Å². The van der Waals surface area contributed by atoms with Crippen LogP contribution in [0, 0.1) is 0 Å². The molecule has 0 amide bonds. The zero-order valence-electron chi connectivity index (χ0n) is 25.9. The Hall–Kier alpha value is -1.59. The number of carbonyl (C=O) groups is 3. The topological polar surface area (TPSA) is 78.9 Å². The Morgan fingerprint density at radius 2 is 0.692 bits per heavy atom. The minimum absolute atomic E-state index is 0.0667. The van der Waals surface area contributed by atoms with Crippen molar-refractivity contribution in [1.82, 2.24) is 0 Å². The molecule has 0 aliphatic carbocycles. The van der Waals surface area contributed by atoms with Gasteiger partial charge in [0.15, 0.2) is 6.10 Å². The number of hydrogen-bond acceptors (Lipinski definition) is 6. The average Bonchev–Trinajstić information content (AvgIpc) is 2.93. The van der Waals surface area contributed by atoms with Crippen molar-refractivity contribution in [1.29, 1.82) is 0 Å². The lowest BCUT2D eigenvalue weighted by molar-refractivity contribution is -0.167. The zero-order valence-corrected chi connectivity index (χ0v) is 25.9. The Labute approximate surface area is 240 Å². The molecule has 0 saturated heterocycles. The third-order valence-corrected chi connectivity index (χ3v) is 7.11. The Balaban J connectivity index is 4.36. The van der Waals surface area contributed by atoms with Crippen LogP contribution in [0.5, 0.6) is 0 Å². The van der Waals surface area contributed by atoms with E-state index in [0.717, 1.165) is 57.8 Å². The van der Waals surface area contributed by atoms with Gasteiger partial charge in [0.2, 0.25) is 0 Å².